The third kappa shape index (κ3) is 3.46. The summed E-state index contributed by atoms with van der Waals surface area (Å²) in [5.41, 5.74) is 10.1. The first-order valence-corrected chi connectivity index (χ1v) is 11.9. The Morgan fingerprint density at radius 3 is 2.27 bits per heavy atom. The predicted octanol–water partition coefficient (Wildman–Crippen LogP) is 6.48. The molecule has 30 heavy (non-hydrogen) atoms. The van der Waals surface area contributed by atoms with E-state index in [1.807, 2.05) is 0 Å². The number of nitrogens with one attached hydrogen (secondary N) is 1. The van der Waals surface area contributed by atoms with Crippen molar-refractivity contribution in [2.24, 2.45) is 0 Å². The van der Waals surface area contributed by atoms with Crippen LogP contribution in [-0.2, 0) is 25.7 Å². The van der Waals surface area contributed by atoms with Crippen LogP contribution in [-0.4, -0.2) is 18.8 Å². The second kappa shape index (κ2) is 7.83. The molecule has 3 heteroatoms. The van der Waals surface area contributed by atoms with Crippen molar-refractivity contribution in [1.82, 2.24) is 0 Å². The van der Waals surface area contributed by atoms with E-state index in [4.69, 9.17) is 9.47 Å². The smallest absolute Gasteiger partial charge is 0.169 e. The Hall–Kier alpha value is -2.16. The SMILES string of the molecule is CCC(C)(C)Nc1ccc2c(c1-c1c3c(cc4c1OCCO4)CCCC3)CCCC2. The summed E-state index contributed by atoms with van der Waals surface area (Å²) in [5.74, 6) is 1.93. The van der Waals surface area contributed by atoms with Gasteiger partial charge in [-0.15, -0.1) is 0 Å². The molecule has 0 unspecified atom stereocenters. The van der Waals surface area contributed by atoms with Crippen LogP contribution in [0, 0.1) is 0 Å². The molecule has 0 amide bonds. The maximum atomic E-state index is 6.32. The number of rotatable bonds is 4. The van der Waals surface area contributed by atoms with Crippen molar-refractivity contribution in [2.75, 3.05) is 18.5 Å². The fourth-order valence-corrected chi connectivity index (χ4v) is 5.34. The first-order chi connectivity index (χ1) is 14.6. The van der Waals surface area contributed by atoms with Crippen LogP contribution in [0.4, 0.5) is 5.69 Å². The number of ether oxygens (including phenoxy) is 2. The minimum atomic E-state index is 0.0455. The molecule has 1 heterocycles. The number of anilines is 1. The van der Waals surface area contributed by atoms with Gasteiger partial charge in [0.1, 0.15) is 13.2 Å². The zero-order valence-electron chi connectivity index (χ0n) is 18.8. The normalized spacial score (nSPS) is 17.8. The van der Waals surface area contributed by atoms with Gasteiger partial charge in [0.15, 0.2) is 11.5 Å². The molecule has 0 aromatic heterocycles. The molecule has 0 saturated carbocycles. The van der Waals surface area contributed by atoms with Gasteiger partial charge in [-0.25, -0.2) is 0 Å². The van der Waals surface area contributed by atoms with Gasteiger partial charge in [0.2, 0.25) is 0 Å². The van der Waals surface area contributed by atoms with E-state index in [0.717, 1.165) is 37.2 Å². The van der Waals surface area contributed by atoms with Crippen molar-refractivity contribution in [2.45, 2.75) is 84.1 Å². The molecule has 0 bridgehead atoms. The summed E-state index contributed by atoms with van der Waals surface area (Å²) >= 11 is 0. The lowest BCUT2D eigenvalue weighted by Gasteiger charge is -2.33. The van der Waals surface area contributed by atoms with E-state index in [-0.39, 0.29) is 5.54 Å². The van der Waals surface area contributed by atoms with Crippen LogP contribution >= 0.6 is 0 Å². The molecular formula is C27H35NO2. The van der Waals surface area contributed by atoms with Crippen molar-refractivity contribution in [1.29, 1.82) is 0 Å². The third-order valence-electron chi connectivity index (χ3n) is 7.30. The minimum absolute atomic E-state index is 0.0455. The molecule has 2 aromatic rings. The molecule has 1 aliphatic heterocycles. The molecule has 1 N–H and O–H groups in total. The average Bonchev–Trinajstić information content (AvgIpc) is 2.77. The summed E-state index contributed by atoms with van der Waals surface area (Å²) in [7, 11) is 0. The molecule has 3 nitrogen and oxygen atoms in total. The van der Waals surface area contributed by atoms with E-state index in [1.165, 1.54) is 71.2 Å². The number of aryl methyl sites for hydroxylation is 2. The molecule has 2 aliphatic carbocycles. The topological polar surface area (TPSA) is 30.5 Å². The van der Waals surface area contributed by atoms with Crippen LogP contribution in [0.25, 0.3) is 11.1 Å². The summed E-state index contributed by atoms with van der Waals surface area (Å²) in [5, 5.41) is 3.90. The molecule has 0 saturated heterocycles. The Bertz CT molecular complexity index is 926. The maximum absolute atomic E-state index is 6.32. The van der Waals surface area contributed by atoms with Crippen LogP contribution in [0.5, 0.6) is 11.5 Å². The third-order valence-corrected chi connectivity index (χ3v) is 7.30. The molecule has 3 aliphatic rings. The second-order valence-electron chi connectivity index (χ2n) is 9.82. The Balaban J connectivity index is 1.79. The van der Waals surface area contributed by atoms with E-state index in [2.05, 4.69) is 44.3 Å². The van der Waals surface area contributed by atoms with Gasteiger partial charge in [-0.05, 0) is 106 Å². The fourth-order valence-electron chi connectivity index (χ4n) is 5.34. The monoisotopic (exact) mass is 405 g/mol. The van der Waals surface area contributed by atoms with Gasteiger partial charge < -0.3 is 14.8 Å². The lowest BCUT2D eigenvalue weighted by molar-refractivity contribution is 0.172. The number of fused-ring (bicyclic) bond motifs is 3. The Labute approximate surface area is 181 Å². The van der Waals surface area contributed by atoms with Gasteiger partial charge in [-0.3, -0.25) is 0 Å². The first kappa shape index (κ1) is 19.8. The van der Waals surface area contributed by atoms with E-state index >= 15 is 0 Å². The number of hydrogen-bond donors (Lipinski definition) is 1. The molecule has 2 aromatic carbocycles. The largest absolute Gasteiger partial charge is 0.486 e. The van der Waals surface area contributed by atoms with E-state index in [9.17, 15) is 0 Å². The number of hydrogen-bond acceptors (Lipinski definition) is 3. The van der Waals surface area contributed by atoms with Crippen molar-refractivity contribution < 1.29 is 9.47 Å². The molecule has 0 spiro atoms. The zero-order chi connectivity index (χ0) is 20.7. The van der Waals surface area contributed by atoms with Crippen molar-refractivity contribution in [3.8, 4) is 22.6 Å². The summed E-state index contributed by atoms with van der Waals surface area (Å²) in [6, 6.07) is 6.96. The molecule has 0 atom stereocenters. The highest BCUT2D eigenvalue weighted by Crippen LogP contribution is 2.50. The maximum Gasteiger partial charge on any atom is 0.169 e. The Morgan fingerprint density at radius 2 is 1.50 bits per heavy atom. The lowest BCUT2D eigenvalue weighted by Crippen LogP contribution is -2.30. The van der Waals surface area contributed by atoms with Gasteiger partial charge in [0.05, 0.1) is 0 Å². The second-order valence-corrected chi connectivity index (χ2v) is 9.82. The summed E-state index contributed by atoms with van der Waals surface area (Å²) in [6.45, 7) is 8.13. The van der Waals surface area contributed by atoms with Crippen LogP contribution in [0.1, 0.15) is 75.1 Å². The molecule has 160 valence electrons. The van der Waals surface area contributed by atoms with Crippen molar-refractivity contribution in [3.05, 3.63) is 40.5 Å². The van der Waals surface area contributed by atoms with Crippen molar-refractivity contribution in [3.63, 3.8) is 0 Å². The van der Waals surface area contributed by atoms with Gasteiger partial charge in [0, 0.05) is 22.4 Å². The summed E-state index contributed by atoms with van der Waals surface area (Å²) < 4.78 is 12.4. The Kier molecular flexibility index (Phi) is 5.16. The van der Waals surface area contributed by atoms with Gasteiger partial charge in [-0.1, -0.05) is 13.0 Å². The zero-order valence-corrected chi connectivity index (χ0v) is 18.8. The first-order valence-electron chi connectivity index (χ1n) is 11.9. The van der Waals surface area contributed by atoms with Crippen LogP contribution < -0.4 is 14.8 Å². The van der Waals surface area contributed by atoms with Crippen LogP contribution in [0.2, 0.25) is 0 Å². The van der Waals surface area contributed by atoms with Gasteiger partial charge in [0.25, 0.3) is 0 Å². The molecule has 5 rings (SSSR count). The highest BCUT2D eigenvalue weighted by Gasteiger charge is 2.30. The average molecular weight is 406 g/mol. The highest BCUT2D eigenvalue weighted by molar-refractivity contribution is 5.90. The molecule has 0 fully saturated rings. The fraction of sp³-hybridized carbons (Fsp3) is 0.556. The van der Waals surface area contributed by atoms with E-state index in [1.54, 1.807) is 0 Å². The summed E-state index contributed by atoms with van der Waals surface area (Å²) in [4.78, 5) is 0. The van der Waals surface area contributed by atoms with Gasteiger partial charge >= 0.3 is 0 Å². The van der Waals surface area contributed by atoms with Crippen LogP contribution in [0.3, 0.4) is 0 Å². The minimum Gasteiger partial charge on any atom is -0.486 e. The van der Waals surface area contributed by atoms with Gasteiger partial charge in [-0.2, -0.15) is 0 Å². The highest BCUT2D eigenvalue weighted by atomic mass is 16.6. The van der Waals surface area contributed by atoms with E-state index < -0.39 is 0 Å². The van der Waals surface area contributed by atoms with Crippen LogP contribution in [0.15, 0.2) is 18.2 Å². The number of benzene rings is 2. The standard InChI is InChI=1S/C27H35NO2/c1-4-27(2,3)28-22-14-13-18-9-5-7-11-20(18)24(22)25-21-12-8-6-10-19(21)17-23-26(25)30-16-15-29-23/h13-14,17,28H,4-12,15-16H2,1-3H3. The van der Waals surface area contributed by atoms with E-state index in [0.29, 0.717) is 13.2 Å². The summed E-state index contributed by atoms with van der Waals surface area (Å²) in [6.07, 6.45) is 10.8. The Morgan fingerprint density at radius 1 is 0.833 bits per heavy atom. The molecular weight excluding hydrogens is 370 g/mol. The predicted molar refractivity (Wildman–Crippen MR) is 124 cm³/mol. The lowest BCUT2D eigenvalue weighted by atomic mass is 9.79. The van der Waals surface area contributed by atoms with Crippen molar-refractivity contribution >= 4 is 5.69 Å². The molecule has 0 radical (unpaired) electrons. The quantitative estimate of drug-likeness (QED) is 0.631.